The lowest BCUT2D eigenvalue weighted by molar-refractivity contribution is -0.118. The van der Waals surface area contributed by atoms with E-state index in [1.165, 1.54) is 0 Å². The molecule has 0 aliphatic carbocycles. The molecule has 8 heavy (non-hydrogen) atoms. The van der Waals surface area contributed by atoms with Gasteiger partial charge in [-0.3, -0.25) is 4.79 Å². The Morgan fingerprint density at radius 3 is 2.50 bits per heavy atom. The van der Waals surface area contributed by atoms with E-state index in [4.69, 9.17) is 0 Å². The van der Waals surface area contributed by atoms with Gasteiger partial charge in [0, 0.05) is 12.8 Å². The minimum atomic E-state index is 0.354. The molecule has 0 aromatic carbocycles. The summed E-state index contributed by atoms with van der Waals surface area (Å²) in [4.78, 5) is 10.6. The third-order valence-corrected chi connectivity index (χ3v) is 1.18. The SMILES string of the molecule is BC(P)CC(=O)CC. The van der Waals surface area contributed by atoms with Crippen molar-refractivity contribution in [3.05, 3.63) is 0 Å². The first kappa shape index (κ1) is 8.16. The molecule has 0 heterocycles. The van der Waals surface area contributed by atoms with Crippen molar-refractivity contribution in [2.75, 3.05) is 0 Å². The zero-order valence-corrected chi connectivity index (χ0v) is 6.63. The van der Waals surface area contributed by atoms with Gasteiger partial charge in [-0.05, 0) is 5.56 Å². The van der Waals surface area contributed by atoms with Gasteiger partial charge in [0.1, 0.15) is 13.6 Å². The second-order valence-corrected chi connectivity index (χ2v) is 3.21. The minimum absolute atomic E-state index is 0.354. The van der Waals surface area contributed by atoms with Gasteiger partial charge in [0.25, 0.3) is 0 Å². The summed E-state index contributed by atoms with van der Waals surface area (Å²) in [6.45, 7) is 1.90. The van der Waals surface area contributed by atoms with Gasteiger partial charge in [0.2, 0.25) is 0 Å². The van der Waals surface area contributed by atoms with E-state index >= 15 is 0 Å². The number of carbonyl (C=O) groups excluding carboxylic acids is 1. The molecule has 46 valence electrons. The lowest BCUT2D eigenvalue weighted by atomic mass is 9.98. The van der Waals surface area contributed by atoms with E-state index in [9.17, 15) is 4.79 Å². The van der Waals surface area contributed by atoms with Crippen LogP contribution in [0.1, 0.15) is 19.8 Å². The summed E-state index contributed by atoms with van der Waals surface area (Å²) >= 11 is 0. The quantitative estimate of drug-likeness (QED) is 0.393. The molecular weight excluding hydrogens is 118 g/mol. The molecule has 2 atom stereocenters. The van der Waals surface area contributed by atoms with Gasteiger partial charge in [-0.15, -0.1) is 9.24 Å². The predicted molar refractivity (Wildman–Crippen MR) is 42.0 cm³/mol. The number of carbonyl (C=O) groups is 1. The highest BCUT2D eigenvalue weighted by molar-refractivity contribution is 7.20. The van der Waals surface area contributed by atoms with E-state index in [1.807, 2.05) is 14.8 Å². The van der Waals surface area contributed by atoms with Crippen LogP contribution in [-0.4, -0.2) is 19.2 Å². The largest absolute Gasteiger partial charge is 0.300 e. The van der Waals surface area contributed by atoms with Crippen molar-refractivity contribution in [2.24, 2.45) is 0 Å². The number of ketones is 1. The van der Waals surface area contributed by atoms with E-state index in [-0.39, 0.29) is 0 Å². The molecule has 0 rings (SSSR count). The molecule has 0 spiro atoms. The lowest BCUT2D eigenvalue weighted by Crippen LogP contribution is -2.05. The molecule has 0 aromatic heterocycles. The first-order valence-electron chi connectivity index (χ1n) is 2.94. The maximum absolute atomic E-state index is 10.6. The Morgan fingerprint density at radius 2 is 2.38 bits per heavy atom. The Kier molecular flexibility index (Phi) is 4.17. The maximum Gasteiger partial charge on any atom is 0.132 e. The van der Waals surface area contributed by atoms with Gasteiger partial charge in [-0.2, -0.15) is 0 Å². The first-order chi connectivity index (χ1) is 3.66. The second kappa shape index (κ2) is 4.08. The van der Waals surface area contributed by atoms with E-state index in [0.29, 0.717) is 24.2 Å². The fourth-order valence-corrected chi connectivity index (χ4v) is 0.766. The highest BCUT2D eigenvalue weighted by Gasteiger charge is 2.00. The Morgan fingerprint density at radius 1 is 1.88 bits per heavy atom. The monoisotopic (exact) mass is 130 g/mol. The van der Waals surface area contributed by atoms with E-state index in [0.717, 1.165) is 0 Å². The fourth-order valence-electron chi connectivity index (χ4n) is 0.503. The summed E-state index contributed by atoms with van der Waals surface area (Å²) in [7, 11) is 4.64. The average molecular weight is 130 g/mol. The number of hydrogen-bond donors (Lipinski definition) is 0. The molecular formula is C5H12BOP. The van der Waals surface area contributed by atoms with Gasteiger partial charge in [0.05, 0.1) is 0 Å². The molecule has 2 unspecified atom stereocenters. The summed E-state index contributed by atoms with van der Waals surface area (Å²) in [5.41, 5.74) is 0.447. The van der Waals surface area contributed by atoms with Crippen molar-refractivity contribution in [1.82, 2.24) is 0 Å². The lowest BCUT2D eigenvalue weighted by Gasteiger charge is -1.98. The van der Waals surface area contributed by atoms with Gasteiger partial charge in [0.15, 0.2) is 0 Å². The van der Waals surface area contributed by atoms with E-state index in [1.54, 1.807) is 0 Å². The van der Waals surface area contributed by atoms with Crippen LogP contribution in [0.2, 0.25) is 0 Å². The number of rotatable bonds is 3. The van der Waals surface area contributed by atoms with Crippen molar-refractivity contribution in [1.29, 1.82) is 0 Å². The van der Waals surface area contributed by atoms with Gasteiger partial charge in [-0.1, -0.05) is 6.92 Å². The van der Waals surface area contributed by atoms with Crippen LogP contribution in [0, 0.1) is 0 Å². The molecule has 0 amide bonds. The van der Waals surface area contributed by atoms with Crippen LogP contribution in [0.4, 0.5) is 0 Å². The topological polar surface area (TPSA) is 17.1 Å². The van der Waals surface area contributed by atoms with Gasteiger partial charge < -0.3 is 0 Å². The van der Waals surface area contributed by atoms with Gasteiger partial charge >= 0.3 is 0 Å². The molecule has 0 N–H and O–H groups in total. The van der Waals surface area contributed by atoms with Gasteiger partial charge in [-0.25, -0.2) is 0 Å². The van der Waals surface area contributed by atoms with Crippen molar-refractivity contribution in [2.45, 2.75) is 25.3 Å². The summed E-state index contributed by atoms with van der Waals surface area (Å²) in [6.07, 6.45) is 1.39. The summed E-state index contributed by atoms with van der Waals surface area (Å²) < 4.78 is 0. The van der Waals surface area contributed by atoms with E-state index in [2.05, 4.69) is 9.24 Å². The van der Waals surface area contributed by atoms with Crippen LogP contribution in [0.15, 0.2) is 0 Å². The molecule has 0 aliphatic heterocycles. The zero-order valence-electron chi connectivity index (χ0n) is 5.48. The molecule has 0 saturated heterocycles. The van der Waals surface area contributed by atoms with Crippen molar-refractivity contribution >= 4 is 22.9 Å². The highest BCUT2D eigenvalue weighted by Crippen LogP contribution is 2.01. The van der Waals surface area contributed by atoms with Crippen LogP contribution < -0.4 is 0 Å². The van der Waals surface area contributed by atoms with Crippen LogP contribution in [0.3, 0.4) is 0 Å². The van der Waals surface area contributed by atoms with Crippen LogP contribution in [-0.2, 0) is 4.79 Å². The van der Waals surface area contributed by atoms with Crippen LogP contribution in [0.5, 0.6) is 0 Å². The maximum atomic E-state index is 10.6. The number of hydrogen-bond acceptors (Lipinski definition) is 1. The fraction of sp³-hybridized carbons (Fsp3) is 0.800. The molecule has 0 fully saturated rings. The Balaban J connectivity index is 3.25. The molecule has 0 bridgehead atoms. The summed E-state index contributed by atoms with van der Waals surface area (Å²) in [5, 5.41) is 0. The van der Waals surface area contributed by atoms with Crippen LogP contribution in [0.25, 0.3) is 0 Å². The third-order valence-electron chi connectivity index (χ3n) is 0.944. The molecule has 0 aliphatic rings. The second-order valence-electron chi connectivity index (χ2n) is 2.07. The molecule has 0 saturated carbocycles. The average Bonchev–Trinajstić information content (AvgIpc) is 1.65. The summed E-state index contributed by atoms with van der Waals surface area (Å²) in [5.74, 6) is 0.354. The minimum Gasteiger partial charge on any atom is -0.300 e. The van der Waals surface area contributed by atoms with Crippen molar-refractivity contribution in [3.8, 4) is 0 Å². The molecule has 0 aromatic rings. The highest BCUT2D eigenvalue weighted by atomic mass is 31.0. The normalized spacial score (nSPS) is 13.2. The Bertz CT molecular complexity index is 82.5. The summed E-state index contributed by atoms with van der Waals surface area (Å²) in [6, 6.07) is 0. The smallest absolute Gasteiger partial charge is 0.132 e. The molecule has 0 radical (unpaired) electrons. The van der Waals surface area contributed by atoms with Crippen LogP contribution >= 0.6 is 9.24 Å². The zero-order chi connectivity index (χ0) is 6.57. The first-order valence-corrected chi connectivity index (χ1v) is 3.60. The van der Waals surface area contributed by atoms with Crippen molar-refractivity contribution < 1.29 is 4.79 Å². The Hall–Kier alpha value is 0.165. The predicted octanol–water partition coefficient (Wildman–Crippen LogP) is 0.190. The molecule has 1 nitrogen and oxygen atoms in total. The van der Waals surface area contributed by atoms with E-state index < -0.39 is 0 Å². The number of Topliss-reactive ketones (excluding diaryl/α,β-unsaturated/α-hetero) is 1. The standard InChI is InChI=1S/C5H12BOP/c1-2-4(7)3-5(6)8/h5H,2-3,6,8H2,1H3. The Labute approximate surface area is 53.8 Å². The molecule has 3 heteroatoms. The van der Waals surface area contributed by atoms with Crippen molar-refractivity contribution in [3.63, 3.8) is 0 Å². The third kappa shape index (κ3) is 4.33.